The zero-order valence-corrected chi connectivity index (χ0v) is 12.6. The van der Waals surface area contributed by atoms with Crippen LogP contribution in [0.4, 0.5) is 8.78 Å². The highest BCUT2D eigenvalue weighted by molar-refractivity contribution is 6.32. The second-order valence-corrected chi connectivity index (χ2v) is 5.16. The lowest BCUT2D eigenvalue weighted by Crippen LogP contribution is -2.25. The molecule has 0 bridgehead atoms. The Bertz CT molecular complexity index is 716. The molecule has 0 spiro atoms. The van der Waals surface area contributed by atoms with Crippen molar-refractivity contribution in [3.8, 4) is 0 Å². The number of hydrogen-bond acceptors (Lipinski definition) is 1. The third-order valence-electron chi connectivity index (χ3n) is 3.11. The molecule has 0 aromatic heterocycles. The number of benzene rings is 2. The minimum Gasteiger partial charge on any atom is -0.346 e. The smallest absolute Gasteiger partial charge is 0.244 e. The fraction of sp³-hybridized carbons (Fsp3) is 0.118. The molecule has 1 N–H and O–H groups in total. The minimum absolute atomic E-state index is 0.223. The van der Waals surface area contributed by atoms with Gasteiger partial charge < -0.3 is 5.32 Å². The topological polar surface area (TPSA) is 29.1 Å². The summed E-state index contributed by atoms with van der Waals surface area (Å²) in [6, 6.07) is 9.76. The van der Waals surface area contributed by atoms with E-state index in [0.29, 0.717) is 10.6 Å². The maximum atomic E-state index is 13.6. The zero-order valence-electron chi connectivity index (χ0n) is 11.8. The van der Waals surface area contributed by atoms with Crippen LogP contribution in [-0.4, -0.2) is 5.91 Å². The first-order chi connectivity index (χ1) is 10.5. The number of nitrogens with one attached hydrogen (secondary N) is 1. The summed E-state index contributed by atoms with van der Waals surface area (Å²) in [6.07, 6.45) is 2.89. The molecule has 2 nitrogen and oxygen atoms in total. The van der Waals surface area contributed by atoms with Gasteiger partial charge in [0.1, 0.15) is 11.6 Å². The van der Waals surface area contributed by atoms with Gasteiger partial charge in [-0.15, -0.1) is 0 Å². The van der Waals surface area contributed by atoms with Crippen LogP contribution in [0, 0.1) is 11.6 Å². The second kappa shape index (κ2) is 7.18. The van der Waals surface area contributed by atoms with Crippen LogP contribution in [0.3, 0.4) is 0 Å². The lowest BCUT2D eigenvalue weighted by Gasteiger charge is -2.13. The van der Waals surface area contributed by atoms with Gasteiger partial charge in [-0.3, -0.25) is 4.79 Å². The normalized spacial score (nSPS) is 12.4. The molecule has 0 fully saturated rings. The molecular formula is C17H14ClF2NO. The molecule has 2 aromatic rings. The average molecular weight is 322 g/mol. The molecule has 0 aliphatic rings. The Morgan fingerprint density at radius 3 is 2.64 bits per heavy atom. The first-order valence-corrected chi connectivity index (χ1v) is 7.03. The van der Waals surface area contributed by atoms with Crippen molar-refractivity contribution in [1.82, 2.24) is 5.32 Å². The number of amides is 1. The number of hydrogen-bond donors (Lipinski definition) is 1. The van der Waals surface area contributed by atoms with Crippen molar-refractivity contribution in [3.63, 3.8) is 0 Å². The molecular weight excluding hydrogens is 308 g/mol. The molecule has 0 saturated carbocycles. The van der Waals surface area contributed by atoms with E-state index in [2.05, 4.69) is 5.32 Å². The first-order valence-electron chi connectivity index (χ1n) is 6.65. The van der Waals surface area contributed by atoms with Crippen LogP contribution in [0.2, 0.25) is 5.02 Å². The van der Waals surface area contributed by atoms with Gasteiger partial charge in [0.2, 0.25) is 5.91 Å². The number of rotatable bonds is 4. The Balaban J connectivity index is 2.04. The fourth-order valence-electron chi connectivity index (χ4n) is 1.97. The van der Waals surface area contributed by atoms with E-state index in [1.54, 1.807) is 37.3 Å². The lowest BCUT2D eigenvalue weighted by molar-refractivity contribution is -0.117. The van der Waals surface area contributed by atoms with Crippen molar-refractivity contribution in [1.29, 1.82) is 0 Å². The number of carbonyl (C=O) groups excluding carboxylic acids is 1. The predicted molar refractivity (Wildman–Crippen MR) is 83.4 cm³/mol. The van der Waals surface area contributed by atoms with Crippen molar-refractivity contribution < 1.29 is 13.6 Å². The standard InChI is InChI=1S/C17H14ClF2NO/c1-11(14-8-7-13(19)10-16(14)20)21-17(22)9-6-12-4-2-3-5-15(12)18/h2-11H,1H3,(H,21,22)/b9-6+/t11-/m0/s1. The molecule has 2 aromatic carbocycles. The number of halogens is 3. The second-order valence-electron chi connectivity index (χ2n) is 4.75. The van der Waals surface area contributed by atoms with E-state index in [1.165, 1.54) is 12.1 Å². The zero-order chi connectivity index (χ0) is 16.1. The van der Waals surface area contributed by atoms with Gasteiger partial charge in [0.05, 0.1) is 6.04 Å². The third-order valence-corrected chi connectivity index (χ3v) is 3.45. The molecule has 0 aliphatic carbocycles. The quantitative estimate of drug-likeness (QED) is 0.825. The van der Waals surface area contributed by atoms with Crippen molar-refractivity contribution in [2.45, 2.75) is 13.0 Å². The van der Waals surface area contributed by atoms with Crippen LogP contribution in [-0.2, 0) is 4.79 Å². The molecule has 0 aliphatic heterocycles. The van der Waals surface area contributed by atoms with Crippen molar-refractivity contribution in [3.05, 3.63) is 76.3 Å². The van der Waals surface area contributed by atoms with Crippen LogP contribution in [0.5, 0.6) is 0 Å². The van der Waals surface area contributed by atoms with Gasteiger partial charge in [0.15, 0.2) is 0 Å². The summed E-state index contributed by atoms with van der Waals surface area (Å²) in [6.45, 7) is 1.62. The fourth-order valence-corrected chi connectivity index (χ4v) is 2.17. The summed E-state index contributed by atoms with van der Waals surface area (Å²) < 4.78 is 26.5. The van der Waals surface area contributed by atoms with Gasteiger partial charge in [0.25, 0.3) is 0 Å². The SMILES string of the molecule is C[C@H](NC(=O)/C=C/c1ccccc1Cl)c1ccc(F)cc1F. The Morgan fingerprint density at radius 1 is 1.23 bits per heavy atom. The van der Waals surface area contributed by atoms with Crippen LogP contribution in [0.25, 0.3) is 6.08 Å². The van der Waals surface area contributed by atoms with Crippen LogP contribution < -0.4 is 5.32 Å². The van der Waals surface area contributed by atoms with Crippen molar-refractivity contribution >= 4 is 23.6 Å². The third kappa shape index (κ3) is 4.15. The molecule has 5 heteroatoms. The van der Waals surface area contributed by atoms with E-state index >= 15 is 0 Å². The average Bonchev–Trinajstić information content (AvgIpc) is 2.46. The highest BCUT2D eigenvalue weighted by Gasteiger charge is 2.13. The summed E-state index contributed by atoms with van der Waals surface area (Å²) in [5.41, 5.74) is 0.931. The van der Waals surface area contributed by atoms with E-state index in [1.807, 2.05) is 0 Å². The molecule has 114 valence electrons. The summed E-state index contributed by atoms with van der Waals surface area (Å²) in [5.74, 6) is -1.74. The predicted octanol–water partition coefficient (Wildman–Crippen LogP) is 4.51. The molecule has 0 heterocycles. The largest absolute Gasteiger partial charge is 0.346 e. The van der Waals surface area contributed by atoms with Gasteiger partial charge in [0, 0.05) is 22.7 Å². The summed E-state index contributed by atoms with van der Waals surface area (Å²) in [7, 11) is 0. The molecule has 0 unspecified atom stereocenters. The highest BCUT2D eigenvalue weighted by atomic mass is 35.5. The number of carbonyl (C=O) groups is 1. The van der Waals surface area contributed by atoms with E-state index in [-0.39, 0.29) is 5.56 Å². The molecule has 0 radical (unpaired) electrons. The van der Waals surface area contributed by atoms with Crippen LogP contribution in [0.15, 0.2) is 48.5 Å². The summed E-state index contributed by atoms with van der Waals surface area (Å²) in [4.78, 5) is 11.9. The van der Waals surface area contributed by atoms with Gasteiger partial charge in [-0.05, 0) is 30.7 Å². The monoisotopic (exact) mass is 321 g/mol. The molecule has 22 heavy (non-hydrogen) atoms. The first kappa shape index (κ1) is 16.2. The van der Waals surface area contributed by atoms with Gasteiger partial charge in [-0.25, -0.2) is 8.78 Å². The maximum absolute atomic E-state index is 13.6. The van der Waals surface area contributed by atoms with E-state index < -0.39 is 23.6 Å². The molecule has 1 amide bonds. The molecule has 0 saturated heterocycles. The van der Waals surface area contributed by atoms with E-state index in [9.17, 15) is 13.6 Å². The maximum Gasteiger partial charge on any atom is 0.244 e. The van der Waals surface area contributed by atoms with Crippen LogP contribution in [0.1, 0.15) is 24.1 Å². The van der Waals surface area contributed by atoms with E-state index in [4.69, 9.17) is 11.6 Å². The van der Waals surface area contributed by atoms with E-state index in [0.717, 1.165) is 12.1 Å². The van der Waals surface area contributed by atoms with Crippen molar-refractivity contribution in [2.75, 3.05) is 0 Å². The Labute approximate surface area is 132 Å². The van der Waals surface area contributed by atoms with Crippen molar-refractivity contribution in [2.24, 2.45) is 0 Å². The van der Waals surface area contributed by atoms with Gasteiger partial charge >= 0.3 is 0 Å². The summed E-state index contributed by atoms with van der Waals surface area (Å²) >= 11 is 5.98. The molecule has 1 atom stereocenters. The summed E-state index contributed by atoms with van der Waals surface area (Å²) in [5, 5.41) is 3.15. The highest BCUT2D eigenvalue weighted by Crippen LogP contribution is 2.18. The van der Waals surface area contributed by atoms with Gasteiger partial charge in [-0.1, -0.05) is 35.9 Å². The van der Waals surface area contributed by atoms with Crippen LogP contribution >= 0.6 is 11.6 Å². The Morgan fingerprint density at radius 2 is 1.95 bits per heavy atom. The lowest BCUT2D eigenvalue weighted by atomic mass is 10.1. The molecule has 2 rings (SSSR count). The Kier molecular flexibility index (Phi) is 5.28. The minimum atomic E-state index is -0.692. The van der Waals surface area contributed by atoms with Gasteiger partial charge in [-0.2, -0.15) is 0 Å². The Hall–Kier alpha value is -2.20.